The fourth-order valence-corrected chi connectivity index (χ4v) is 5.05. The quantitative estimate of drug-likeness (QED) is 0.337. The molecule has 164 valence electrons. The van der Waals surface area contributed by atoms with E-state index < -0.39 is 17.8 Å². The molecule has 1 aliphatic heterocycles. The third kappa shape index (κ3) is 3.55. The Labute approximate surface area is 192 Å². The Balaban J connectivity index is 1.58. The fourth-order valence-electron chi connectivity index (χ4n) is 5.05. The Hall–Kier alpha value is -3.99. The molecule has 0 saturated carbocycles. The number of ether oxygens (including phenoxy) is 1. The Morgan fingerprint density at radius 1 is 0.697 bits per heavy atom. The van der Waals surface area contributed by atoms with Gasteiger partial charge in [0.05, 0.1) is 30.2 Å². The number of fused-ring (bicyclic) bond motifs is 1. The van der Waals surface area contributed by atoms with Crippen LogP contribution in [-0.4, -0.2) is 24.9 Å². The maximum Gasteiger partial charge on any atom is 0.337 e. The van der Waals surface area contributed by atoms with Crippen LogP contribution in [0, 0.1) is 11.8 Å². The van der Waals surface area contributed by atoms with Gasteiger partial charge in [-0.15, -0.1) is 0 Å². The van der Waals surface area contributed by atoms with Crippen LogP contribution >= 0.6 is 0 Å². The number of imide groups is 1. The van der Waals surface area contributed by atoms with Crippen molar-refractivity contribution in [1.82, 2.24) is 0 Å². The van der Waals surface area contributed by atoms with Crippen molar-refractivity contribution < 1.29 is 19.1 Å². The van der Waals surface area contributed by atoms with Gasteiger partial charge < -0.3 is 4.74 Å². The number of hydrogen-bond donors (Lipinski definition) is 0. The van der Waals surface area contributed by atoms with Crippen LogP contribution in [0.5, 0.6) is 0 Å². The van der Waals surface area contributed by atoms with Gasteiger partial charge in [0.2, 0.25) is 11.8 Å². The SMILES string of the molecule is COC(=O)c1ccc(N2C(=O)[C@@H]3[C@H](C2=O)[C@H](c2ccccc2)C=C[C@H]3c2ccccc2)cc1. The van der Waals surface area contributed by atoms with E-state index in [4.69, 9.17) is 4.74 Å². The van der Waals surface area contributed by atoms with E-state index in [0.29, 0.717) is 11.3 Å². The maximum atomic E-state index is 13.8. The summed E-state index contributed by atoms with van der Waals surface area (Å²) in [4.78, 5) is 40.6. The molecule has 2 aliphatic rings. The average Bonchev–Trinajstić information content (AvgIpc) is 3.14. The first-order valence-corrected chi connectivity index (χ1v) is 10.9. The highest BCUT2D eigenvalue weighted by atomic mass is 16.5. The molecule has 5 rings (SSSR count). The number of rotatable bonds is 4. The van der Waals surface area contributed by atoms with Crippen molar-refractivity contribution in [3.05, 3.63) is 114 Å². The fraction of sp³-hybridized carbons (Fsp3) is 0.179. The lowest BCUT2D eigenvalue weighted by Crippen LogP contribution is -2.31. The maximum absolute atomic E-state index is 13.8. The molecule has 0 aromatic heterocycles. The molecule has 1 saturated heterocycles. The Kier molecular flexibility index (Phi) is 5.38. The van der Waals surface area contributed by atoms with Gasteiger partial charge >= 0.3 is 5.97 Å². The lowest BCUT2D eigenvalue weighted by molar-refractivity contribution is -0.122. The van der Waals surface area contributed by atoms with Gasteiger partial charge in [0.15, 0.2) is 0 Å². The molecule has 5 heteroatoms. The van der Waals surface area contributed by atoms with E-state index in [0.717, 1.165) is 11.1 Å². The predicted octanol–water partition coefficient (Wildman–Crippen LogP) is 4.72. The molecule has 3 aromatic carbocycles. The van der Waals surface area contributed by atoms with E-state index in [2.05, 4.69) is 12.2 Å². The molecule has 3 aromatic rings. The van der Waals surface area contributed by atoms with Gasteiger partial charge in [-0.25, -0.2) is 9.69 Å². The number of carbonyl (C=O) groups is 3. The topological polar surface area (TPSA) is 63.7 Å². The van der Waals surface area contributed by atoms with Gasteiger partial charge in [0.25, 0.3) is 0 Å². The Bertz CT molecular complexity index is 1150. The molecular weight excluding hydrogens is 414 g/mol. The number of methoxy groups -OCH3 is 1. The normalized spacial score (nSPS) is 24.0. The summed E-state index contributed by atoms with van der Waals surface area (Å²) in [6.07, 6.45) is 4.15. The van der Waals surface area contributed by atoms with Crippen LogP contribution in [0.25, 0.3) is 0 Å². The lowest BCUT2D eigenvalue weighted by atomic mass is 9.68. The molecule has 0 N–H and O–H groups in total. The van der Waals surface area contributed by atoms with E-state index in [-0.39, 0.29) is 23.7 Å². The largest absolute Gasteiger partial charge is 0.465 e. The summed E-state index contributed by atoms with van der Waals surface area (Å²) in [5, 5.41) is 0. The Morgan fingerprint density at radius 3 is 1.58 bits per heavy atom. The van der Waals surface area contributed by atoms with Gasteiger partial charge in [-0.05, 0) is 35.4 Å². The van der Waals surface area contributed by atoms with Crippen molar-refractivity contribution in [2.24, 2.45) is 11.8 Å². The van der Waals surface area contributed by atoms with Gasteiger partial charge in [0.1, 0.15) is 0 Å². The number of esters is 1. The van der Waals surface area contributed by atoms with Crippen molar-refractivity contribution in [2.75, 3.05) is 12.0 Å². The number of carbonyl (C=O) groups excluding carboxylic acids is 3. The Morgan fingerprint density at radius 2 is 1.15 bits per heavy atom. The third-order valence-corrected chi connectivity index (χ3v) is 6.61. The van der Waals surface area contributed by atoms with E-state index in [1.165, 1.54) is 12.0 Å². The first-order chi connectivity index (χ1) is 16.1. The molecule has 0 spiro atoms. The number of anilines is 1. The van der Waals surface area contributed by atoms with E-state index >= 15 is 0 Å². The number of benzene rings is 3. The van der Waals surface area contributed by atoms with E-state index in [1.807, 2.05) is 60.7 Å². The zero-order valence-electron chi connectivity index (χ0n) is 18.1. The highest BCUT2D eigenvalue weighted by Crippen LogP contribution is 2.50. The molecule has 0 radical (unpaired) electrons. The monoisotopic (exact) mass is 437 g/mol. The molecule has 1 heterocycles. The smallest absolute Gasteiger partial charge is 0.337 e. The van der Waals surface area contributed by atoms with Gasteiger partial charge in [0, 0.05) is 11.8 Å². The number of amides is 2. The van der Waals surface area contributed by atoms with Crippen LogP contribution in [-0.2, 0) is 14.3 Å². The summed E-state index contributed by atoms with van der Waals surface area (Å²) in [7, 11) is 1.31. The minimum Gasteiger partial charge on any atom is -0.465 e. The zero-order valence-corrected chi connectivity index (χ0v) is 18.1. The predicted molar refractivity (Wildman–Crippen MR) is 125 cm³/mol. The van der Waals surface area contributed by atoms with Crippen molar-refractivity contribution in [1.29, 1.82) is 0 Å². The summed E-state index contributed by atoms with van der Waals surface area (Å²) in [5.74, 6) is -2.28. The summed E-state index contributed by atoms with van der Waals surface area (Å²) in [6, 6.07) is 26.1. The second-order valence-corrected chi connectivity index (χ2v) is 8.36. The van der Waals surface area contributed by atoms with Gasteiger partial charge in [-0.2, -0.15) is 0 Å². The van der Waals surface area contributed by atoms with Crippen LogP contribution < -0.4 is 4.90 Å². The van der Waals surface area contributed by atoms with Crippen molar-refractivity contribution in [3.63, 3.8) is 0 Å². The first-order valence-electron chi connectivity index (χ1n) is 10.9. The molecule has 33 heavy (non-hydrogen) atoms. The summed E-state index contributed by atoms with van der Waals surface area (Å²) in [6.45, 7) is 0. The first kappa shape index (κ1) is 20.9. The zero-order chi connectivity index (χ0) is 22.9. The second kappa shape index (κ2) is 8.51. The van der Waals surface area contributed by atoms with Gasteiger partial charge in [-0.3, -0.25) is 9.59 Å². The van der Waals surface area contributed by atoms with Crippen LogP contribution in [0.3, 0.4) is 0 Å². The molecule has 0 unspecified atom stereocenters. The van der Waals surface area contributed by atoms with Crippen LogP contribution in [0.1, 0.15) is 33.3 Å². The molecule has 1 aliphatic carbocycles. The molecule has 4 atom stereocenters. The van der Waals surface area contributed by atoms with E-state index in [1.54, 1.807) is 24.3 Å². The molecule has 1 fully saturated rings. The average molecular weight is 437 g/mol. The molecule has 2 amide bonds. The number of allylic oxidation sites excluding steroid dienone is 2. The summed E-state index contributed by atoms with van der Waals surface area (Å²) < 4.78 is 4.75. The van der Waals surface area contributed by atoms with Crippen LogP contribution in [0.2, 0.25) is 0 Å². The molecular formula is C28H23NO4. The highest BCUT2D eigenvalue weighted by Gasteiger charge is 2.55. The molecule has 5 nitrogen and oxygen atoms in total. The van der Waals surface area contributed by atoms with E-state index in [9.17, 15) is 14.4 Å². The minimum atomic E-state index is -0.504. The standard InChI is InChI=1S/C28H23NO4/c1-33-28(32)20-12-14-21(15-13-20)29-26(30)24-22(18-8-4-2-5-9-18)16-17-23(25(24)27(29)31)19-10-6-3-7-11-19/h2-17,22-25H,1H3/t22-,23-,24-,25+/m0/s1. The van der Waals surface area contributed by atoms with Crippen molar-refractivity contribution >= 4 is 23.5 Å². The van der Waals surface area contributed by atoms with Crippen molar-refractivity contribution in [3.8, 4) is 0 Å². The van der Waals surface area contributed by atoms with Crippen molar-refractivity contribution in [2.45, 2.75) is 11.8 Å². The summed E-state index contributed by atoms with van der Waals surface area (Å²) in [5.41, 5.74) is 2.85. The minimum absolute atomic E-state index is 0.188. The lowest BCUT2D eigenvalue weighted by Gasteiger charge is -2.32. The molecule has 0 bridgehead atoms. The van der Waals surface area contributed by atoms with Gasteiger partial charge in [-0.1, -0.05) is 72.8 Å². The highest BCUT2D eigenvalue weighted by molar-refractivity contribution is 6.23. The van der Waals surface area contributed by atoms with Crippen LogP contribution in [0.15, 0.2) is 97.1 Å². The number of nitrogens with zero attached hydrogens (tertiary/aromatic N) is 1. The number of hydrogen-bond acceptors (Lipinski definition) is 4. The second-order valence-electron chi connectivity index (χ2n) is 8.36. The summed E-state index contributed by atoms with van der Waals surface area (Å²) >= 11 is 0. The third-order valence-electron chi connectivity index (χ3n) is 6.61. The van der Waals surface area contributed by atoms with Crippen LogP contribution in [0.4, 0.5) is 5.69 Å².